The van der Waals surface area contributed by atoms with Crippen LogP contribution in [0.15, 0.2) is 30.3 Å². The molecule has 4 rings (SSSR count). The van der Waals surface area contributed by atoms with Crippen LogP contribution in [-0.2, 0) is 17.7 Å². The standard InChI is InChI=1S/C25H29F4N3O3.H2/c1-15-14-32-19(21(33)25(27,28)29)7-8-20(32)24(30(15)4)9-11-31(12-10-24)22(34)16-5-6-17(18(26)13-16)23(2,3)35;/h5-8,13,15,35H,9-12,14H2,1-4H3;1H/t15-;/m0./s1. The highest BCUT2D eigenvalue weighted by atomic mass is 19.4. The van der Waals surface area contributed by atoms with Gasteiger partial charge in [0.15, 0.2) is 0 Å². The van der Waals surface area contributed by atoms with Crippen LogP contribution in [-0.4, -0.2) is 63.5 Å². The second-order valence-corrected chi connectivity index (χ2v) is 10.1. The molecule has 3 heterocycles. The quantitative estimate of drug-likeness (QED) is 0.507. The van der Waals surface area contributed by atoms with E-state index in [-0.39, 0.29) is 36.7 Å². The number of nitrogens with zero attached hydrogens (tertiary/aromatic N) is 3. The lowest BCUT2D eigenvalue weighted by Crippen LogP contribution is -2.59. The number of benzene rings is 1. The van der Waals surface area contributed by atoms with Crippen molar-refractivity contribution in [3.8, 4) is 0 Å². The number of carbonyl (C=O) groups excluding carboxylic acids is 2. The van der Waals surface area contributed by atoms with Crippen LogP contribution >= 0.6 is 0 Å². The van der Waals surface area contributed by atoms with E-state index in [2.05, 4.69) is 4.90 Å². The number of amides is 1. The molecule has 0 radical (unpaired) electrons. The number of ketones is 1. The van der Waals surface area contributed by atoms with Crippen LogP contribution in [0.25, 0.3) is 0 Å². The van der Waals surface area contributed by atoms with Gasteiger partial charge in [0, 0.05) is 43.9 Å². The maximum atomic E-state index is 14.5. The summed E-state index contributed by atoms with van der Waals surface area (Å²) in [4.78, 5) is 28.8. The summed E-state index contributed by atoms with van der Waals surface area (Å²) >= 11 is 0. The monoisotopic (exact) mass is 497 g/mol. The van der Waals surface area contributed by atoms with Crippen LogP contribution in [0.2, 0.25) is 0 Å². The van der Waals surface area contributed by atoms with Crippen molar-refractivity contribution in [3.05, 3.63) is 58.7 Å². The molecule has 2 aromatic rings. The minimum Gasteiger partial charge on any atom is -0.386 e. The normalized spacial score (nSPS) is 20.7. The van der Waals surface area contributed by atoms with Gasteiger partial charge in [0.25, 0.3) is 11.7 Å². The average molecular weight is 498 g/mol. The highest BCUT2D eigenvalue weighted by molar-refractivity contribution is 5.99. The van der Waals surface area contributed by atoms with Crippen LogP contribution in [0.5, 0.6) is 0 Å². The van der Waals surface area contributed by atoms with Gasteiger partial charge in [-0.2, -0.15) is 13.2 Å². The highest BCUT2D eigenvalue weighted by Gasteiger charge is 2.49. The Balaban J connectivity index is 0.00000361. The molecule has 1 atom stereocenters. The van der Waals surface area contributed by atoms with Gasteiger partial charge in [-0.15, -0.1) is 0 Å². The Morgan fingerprint density at radius 1 is 1.11 bits per heavy atom. The summed E-state index contributed by atoms with van der Waals surface area (Å²) in [5.74, 6) is -2.88. The Kier molecular flexibility index (Phi) is 6.12. The van der Waals surface area contributed by atoms with Crippen molar-refractivity contribution in [2.24, 2.45) is 0 Å². The summed E-state index contributed by atoms with van der Waals surface area (Å²) in [5.41, 5.74) is -1.49. The number of alkyl halides is 3. The zero-order valence-corrected chi connectivity index (χ0v) is 20.1. The number of fused-ring (bicyclic) bond motifs is 2. The van der Waals surface area contributed by atoms with Gasteiger partial charge in [0.2, 0.25) is 0 Å². The lowest BCUT2D eigenvalue weighted by molar-refractivity contribution is -0.0894. The largest absolute Gasteiger partial charge is 0.456 e. The number of carbonyl (C=O) groups is 2. The molecule has 0 saturated carbocycles. The predicted molar refractivity (Wildman–Crippen MR) is 123 cm³/mol. The fourth-order valence-corrected chi connectivity index (χ4v) is 5.42. The van der Waals surface area contributed by atoms with E-state index in [1.54, 1.807) is 11.0 Å². The molecule has 1 spiro atoms. The van der Waals surface area contributed by atoms with E-state index in [0.717, 1.165) is 6.07 Å². The molecular weight excluding hydrogens is 466 g/mol. The van der Waals surface area contributed by atoms with E-state index in [1.165, 1.54) is 36.6 Å². The van der Waals surface area contributed by atoms with Crippen LogP contribution in [0.4, 0.5) is 17.6 Å². The van der Waals surface area contributed by atoms with Gasteiger partial charge in [-0.1, -0.05) is 6.07 Å². The Labute approximate surface area is 202 Å². The first kappa shape index (κ1) is 25.4. The Bertz CT molecular complexity index is 1160. The van der Waals surface area contributed by atoms with Crippen molar-refractivity contribution >= 4 is 11.7 Å². The van der Waals surface area contributed by atoms with Crippen LogP contribution in [0.1, 0.15) is 67.1 Å². The van der Waals surface area contributed by atoms with Gasteiger partial charge in [0.1, 0.15) is 5.82 Å². The Morgan fingerprint density at radius 2 is 1.74 bits per heavy atom. The van der Waals surface area contributed by atoms with E-state index < -0.39 is 28.9 Å². The number of Topliss-reactive ketones (excluding diaryl/α,β-unsaturated/α-hetero) is 1. The SMILES string of the molecule is C[C@H]1Cn2c(C(=O)C(F)(F)F)ccc2C2(CCN(C(=O)c3ccc(C(C)(C)O)c(F)c3)CC2)N1C.[HH]. The first-order chi connectivity index (χ1) is 16.2. The summed E-state index contributed by atoms with van der Waals surface area (Å²) in [6.45, 7) is 5.71. The zero-order valence-electron chi connectivity index (χ0n) is 20.1. The van der Waals surface area contributed by atoms with E-state index >= 15 is 0 Å². The van der Waals surface area contributed by atoms with E-state index in [4.69, 9.17) is 0 Å². The molecular formula is C25H31F4N3O3. The number of likely N-dealkylation sites (N-methyl/N-ethyl adjacent to an activating group) is 1. The third-order valence-corrected chi connectivity index (χ3v) is 7.48. The molecule has 0 bridgehead atoms. The molecule has 1 aromatic carbocycles. The number of aliphatic hydroxyl groups is 1. The first-order valence-electron chi connectivity index (χ1n) is 11.5. The Hall–Kier alpha value is -2.72. The van der Waals surface area contributed by atoms with E-state index in [9.17, 15) is 32.3 Å². The van der Waals surface area contributed by atoms with Crippen molar-refractivity contribution in [3.63, 3.8) is 0 Å². The van der Waals surface area contributed by atoms with Gasteiger partial charge in [-0.05, 0) is 64.9 Å². The molecule has 2 aliphatic rings. The number of likely N-dealkylation sites (tertiary alicyclic amines) is 1. The fourth-order valence-electron chi connectivity index (χ4n) is 5.42. The minimum absolute atomic E-state index is 0. The second-order valence-electron chi connectivity index (χ2n) is 10.1. The van der Waals surface area contributed by atoms with Crippen molar-refractivity contribution in [1.82, 2.24) is 14.4 Å². The molecule has 1 fully saturated rings. The number of rotatable bonds is 3. The molecule has 0 unspecified atom stereocenters. The lowest BCUT2D eigenvalue weighted by atomic mass is 9.80. The van der Waals surface area contributed by atoms with Crippen LogP contribution < -0.4 is 0 Å². The predicted octanol–water partition coefficient (Wildman–Crippen LogP) is 4.31. The smallest absolute Gasteiger partial charge is 0.386 e. The van der Waals surface area contributed by atoms with Crippen molar-refractivity contribution < 1.29 is 33.7 Å². The molecule has 192 valence electrons. The first-order valence-corrected chi connectivity index (χ1v) is 11.5. The molecule has 1 aromatic heterocycles. The molecule has 35 heavy (non-hydrogen) atoms. The van der Waals surface area contributed by atoms with E-state index in [1.807, 2.05) is 14.0 Å². The summed E-state index contributed by atoms with van der Waals surface area (Å²) in [6, 6.07) is 6.71. The molecule has 1 saturated heterocycles. The topological polar surface area (TPSA) is 65.8 Å². The van der Waals surface area contributed by atoms with Crippen molar-refractivity contribution in [2.45, 2.75) is 63.5 Å². The highest BCUT2D eigenvalue weighted by Crippen LogP contribution is 2.44. The molecule has 6 nitrogen and oxygen atoms in total. The van der Waals surface area contributed by atoms with Crippen LogP contribution in [0, 0.1) is 5.82 Å². The third kappa shape index (κ3) is 4.27. The fraction of sp³-hybridized carbons (Fsp3) is 0.520. The maximum absolute atomic E-state index is 14.5. The van der Waals surface area contributed by atoms with Gasteiger partial charge in [0.05, 0.1) is 16.8 Å². The van der Waals surface area contributed by atoms with Gasteiger partial charge in [-0.25, -0.2) is 4.39 Å². The number of hydrogen-bond acceptors (Lipinski definition) is 4. The van der Waals surface area contributed by atoms with Crippen molar-refractivity contribution in [2.75, 3.05) is 20.1 Å². The lowest BCUT2D eigenvalue weighted by Gasteiger charge is -2.53. The molecule has 1 amide bonds. The average Bonchev–Trinajstić information content (AvgIpc) is 3.19. The molecule has 1 N–H and O–H groups in total. The number of hydrogen-bond donors (Lipinski definition) is 1. The summed E-state index contributed by atoms with van der Waals surface area (Å²) in [6.07, 6.45) is -4.05. The third-order valence-electron chi connectivity index (χ3n) is 7.48. The summed E-state index contributed by atoms with van der Waals surface area (Å²) < 4.78 is 55.5. The minimum atomic E-state index is -4.96. The number of aromatic nitrogens is 1. The van der Waals surface area contributed by atoms with Crippen molar-refractivity contribution in [1.29, 1.82) is 0 Å². The number of piperidine rings is 1. The van der Waals surface area contributed by atoms with Gasteiger partial charge >= 0.3 is 6.18 Å². The maximum Gasteiger partial charge on any atom is 0.456 e. The Morgan fingerprint density at radius 3 is 2.29 bits per heavy atom. The zero-order chi connectivity index (χ0) is 25.9. The summed E-state index contributed by atoms with van der Waals surface area (Å²) in [7, 11) is 1.91. The summed E-state index contributed by atoms with van der Waals surface area (Å²) in [5, 5.41) is 10.1. The molecule has 10 heteroatoms. The number of halogens is 4. The van der Waals surface area contributed by atoms with E-state index in [0.29, 0.717) is 31.6 Å². The second kappa shape index (κ2) is 8.44. The molecule has 0 aliphatic carbocycles. The van der Waals surface area contributed by atoms with Gasteiger partial charge < -0.3 is 14.6 Å². The molecule has 2 aliphatic heterocycles. The van der Waals surface area contributed by atoms with Crippen LogP contribution in [0.3, 0.4) is 0 Å². The van der Waals surface area contributed by atoms with Gasteiger partial charge in [-0.3, -0.25) is 14.5 Å².